The van der Waals surface area contributed by atoms with Crippen molar-refractivity contribution in [3.05, 3.63) is 63.2 Å². The first kappa shape index (κ1) is 15.9. The van der Waals surface area contributed by atoms with Gasteiger partial charge in [-0.1, -0.05) is 12.1 Å². The third-order valence-electron chi connectivity index (χ3n) is 3.57. The summed E-state index contributed by atoms with van der Waals surface area (Å²) in [6.07, 6.45) is -0.349. The van der Waals surface area contributed by atoms with Crippen LogP contribution in [0.15, 0.2) is 52.1 Å². The predicted molar refractivity (Wildman–Crippen MR) is 94.4 cm³/mol. The van der Waals surface area contributed by atoms with Gasteiger partial charge < -0.3 is 9.26 Å². The highest BCUT2D eigenvalue weighted by atomic mass is 127. The van der Waals surface area contributed by atoms with E-state index in [0.29, 0.717) is 5.31 Å². The first-order valence-electron chi connectivity index (χ1n) is 6.69. The summed E-state index contributed by atoms with van der Waals surface area (Å²) in [5, 5.41) is 0.629. The van der Waals surface area contributed by atoms with Crippen LogP contribution in [0.4, 0.5) is 0 Å². The van der Waals surface area contributed by atoms with Crippen LogP contribution < -0.4 is 4.74 Å². The molecule has 0 fully saturated rings. The second-order valence-electron chi connectivity index (χ2n) is 4.81. The Morgan fingerprint density at radius 3 is 2.50 bits per heavy atom. The Hall–Kier alpha value is -1.01. The lowest BCUT2D eigenvalue weighted by molar-refractivity contribution is 0.214. The Morgan fingerprint density at radius 2 is 1.95 bits per heavy atom. The Bertz CT molecular complexity index is 734. The molecule has 116 valence electrons. The summed E-state index contributed by atoms with van der Waals surface area (Å²) in [5.41, 5.74) is 1.80. The van der Waals surface area contributed by atoms with Crippen molar-refractivity contribution >= 4 is 35.5 Å². The van der Waals surface area contributed by atoms with Crippen molar-refractivity contribution in [2.45, 2.75) is 6.10 Å². The van der Waals surface area contributed by atoms with Gasteiger partial charge in [0, 0.05) is 10.7 Å². The summed E-state index contributed by atoms with van der Waals surface area (Å²) in [6.45, 7) is 0. The van der Waals surface area contributed by atoms with Crippen LogP contribution in [0.5, 0.6) is 5.75 Å². The van der Waals surface area contributed by atoms with Gasteiger partial charge >= 0.3 is 7.60 Å². The van der Waals surface area contributed by atoms with Crippen LogP contribution in [0.25, 0.3) is 5.31 Å². The third kappa shape index (κ3) is 2.67. The van der Waals surface area contributed by atoms with Crippen molar-refractivity contribution in [3.63, 3.8) is 0 Å². The number of hydrogen-bond donors (Lipinski definition) is 0. The number of halogens is 1. The molecule has 6 heteroatoms. The van der Waals surface area contributed by atoms with Crippen molar-refractivity contribution in [3.8, 4) is 5.75 Å². The molecule has 0 aromatic heterocycles. The van der Waals surface area contributed by atoms with Crippen molar-refractivity contribution in [1.82, 2.24) is 0 Å². The Morgan fingerprint density at radius 1 is 1.23 bits per heavy atom. The minimum atomic E-state index is -3.33. The monoisotopic (exact) mass is 429 g/mol. The van der Waals surface area contributed by atoms with Gasteiger partial charge in [0.2, 0.25) is 0 Å². The molecule has 22 heavy (non-hydrogen) atoms. The molecule has 0 radical (unpaired) electrons. The molecule has 1 heterocycles. The quantitative estimate of drug-likeness (QED) is 0.384. The average Bonchev–Trinajstić information content (AvgIpc) is 3.15. The van der Waals surface area contributed by atoms with Crippen molar-refractivity contribution in [2.24, 2.45) is 0 Å². The van der Waals surface area contributed by atoms with E-state index in [2.05, 4.69) is 22.6 Å². The van der Waals surface area contributed by atoms with Gasteiger partial charge in [-0.05, 0) is 40.3 Å². The van der Waals surface area contributed by atoms with E-state index in [1.54, 1.807) is 7.11 Å². The van der Waals surface area contributed by atoms with Gasteiger partial charge in [-0.2, -0.15) is 12.1 Å². The van der Waals surface area contributed by atoms with Gasteiger partial charge in [0.15, 0.2) is 0 Å². The average molecular weight is 429 g/mol. The molecular weight excluding hydrogens is 414 g/mol. The fourth-order valence-corrected chi connectivity index (χ4v) is 6.05. The first-order valence-corrected chi connectivity index (χ1v) is 9.31. The second-order valence-corrected chi connectivity index (χ2v) is 7.99. The van der Waals surface area contributed by atoms with E-state index in [-0.39, 0.29) is 6.10 Å². The fraction of sp³-hybridized carbons (Fsp3) is 0.188. The smallest absolute Gasteiger partial charge is 0.363 e. The molecule has 0 N–H and O–H groups in total. The van der Waals surface area contributed by atoms with E-state index in [1.807, 2.05) is 48.5 Å². The molecule has 4 nitrogen and oxygen atoms in total. The van der Waals surface area contributed by atoms with Crippen LogP contribution in [0.2, 0.25) is 0 Å². The summed E-state index contributed by atoms with van der Waals surface area (Å²) in [7, 11) is -0.297. The lowest BCUT2D eigenvalue weighted by Crippen LogP contribution is -1.95. The molecule has 0 bridgehead atoms. The molecule has 2 aromatic carbocycles. The highest BCUT2D eigenvalue weighted by molar-refractivity contribution is 14.1. The standard InChI is InChI=1S/C16H15IO4P/c1-19-13-9-7-12(8-10-13)16-14(17)15(11-5-3-4-6-11)21-22(16,18)20-2/h3-10,15H,1-2H3/q-1. The summed E-state index contributed by atoms with van der Waals surface area (Å²) < 4.78 is 30.2. The van der Waals surface area contributed by atoms with Crippen LogP contribution in [0.3, 0.4) is 0 Å². The molecule has 2 unspecified atom stereocenters. The number of rotatable bonds is 4. The highest BCUT2D eigenvalue weighted by Crippen LogP contribution is 2.71. The first-order chi connectivity index (χ1) is 10.6. The largest absolute Gasteiger partial charge is 0.497 e. The Balaban J connectivity index is 2.09. The molecular formula is C16H15IO4P-. The van der Waals surface area contributed by atoms with Gasteiger partial charge in [-0.3, -0.25) is 9.09 Å². The van der Waals surface area contributed by atoms with Crippen molar-refractivity contribution < 1.29 is 18.3 Å². The Labute approximate surface area is 143 Å². The molecule has 0 saturated carbocycles. The molecule has 0 aliphatic carbocycles. The third-order valence-corrected chi connectivity index (χ3v) is 7.12. The molecule has 1 aliphatic heterocycles. The van der Waals surface area contributed by atoms with E-state index in [0.717, 1.165) is 20.5 Å². The summed E-state index contributed by atoms with van der Waals surface area (Å²) >= 11 is 2.20. The van der Waals surface area contributed by atoms with Crippen LogP contribution in [0, 0.1) is 0 Å². The molecule has 2 atom stereocenters. The fourth-order valence-electron chi connectivity index (χ4n) is 2.44. The molecule has 0 saturated heterocycles. The van der Waals surface area contributed by atoms with E-state index < -0.39 is 7.60 Å². The topological polar surface area (TPSA) is 44.8 Å². The zero-order valence-corrected chi connectivity index (χ0v) is 15.2. The molecule has 0 amide bonds. The number of hydrogen-bond acceptors (Lipinski definition) is 4. The summed E-state index contributed by atoms with van der Waals surface area (Å²) in [5.74, 6) is 0.748. The molecule has 3 rings (SSSR count). The maximum Gasteiger partial charge on any atom is 0.363 e. The van der Waals surface area contributed by atoms with Crippen molar-refractivity contribution in [1.29, 1.82) is 0 Å². The van der Waals surface area contributed by atoms with Crippen LogP contribution in [-0.2, 0) is 13.6 Å². The molecule has 1 aliphatic rings. The molecule has 2 aromatic rings. The van der Waals surface area contributed by atoms with Crippen LogP contribution >= 0.6 is 30.2 Å². The Kier molecular flexibility index (Phi) is 4.50. The van der Waals surface area contributed by atoms with Crippen LogP contribution in [0.1, 0.15) is 17.2 Å². The number of ether oxygens (including phenoxy) is 1. The number of benzene rings is 1. The minimum absolute atomic E-state index is 0.349. The zero-order chi connectivity index (χ0) is 15.7. The summed E-state index contributed by atoms with van der Waals surface area (Å²) in [6, 6.07) is 15.2. The predicted octanol–water partition coefficient (Wildman–Crippen LogP) is 5.13. The zero-order valence-electron chi connectivity index (χ0n) is 12.2. The van der Waals surface area contributed by atoms with E-state index in [9.17, 15) is 4.57 Å². The van der Waals surface area contributed by atoms with Gasteiger partial charge in [-0.15, -0.1) is 5.56 Å². The van der Waals surface area contributed by atoms with Gasteiger partial charge in [0.05, 0.1) is 12.4 Å². The van der Waals surface area contributed by atoms with Gasteiger partial charge in [0.1, 0.15) is 11.9 Å². The lowest BCUT2D eigenvalue weighted by atomic mass is 10.1. The number of methoxy groups -OCH3 is 1. The SMILES string of the molecule is COc1ccc(C2=C(I)C(c3ccc[cH-]3)OP2(=O)OC)cc1. The van der Waals surface area contributed by atoms with Gasteiger partial charge in [0.25, 0.3) is 0 Å². The van der Waals surface area contributed by atoms with E-state index in [4.69, 9.17) is 13.8 Å². The van der Waals surface area contributed by atoms with Crippen molar-refractivity contribution in [2.75, 3.05) is 14.2 Å². The second kappa shape index (κ2) is 6.24. The van der Waals surface area contributed by atoms with E-state index in [1.165, 1.54) is 7.11 Å². The lowest BCUT2D eigenvalue weighted by Gasteiger charge is -2.16. The highest BCUT2D eigenvalue weighted by Gasteiger charge is 2.43. The summed E-state index contributed by atoms with van der Waals surface area (Å²) in [4.78, 5) is 0. The normalized spacial score (nSPS) is 24.8. The van der Waals surface area contributed by atoms with E-state index >= 15 is 0 Å². The maximum absolute atomic E-state index is 13.0. The van der Waals surface area contributed by atoms with Gasteiger partial charge in [-0.25, -0.2) is 12.1 Å². The maximum atomic E-state index is 13.0. The van der Waals surface area contributed by atoms with Crippen LogP contribution in [-0.4, -0.2) is 14.2 Å². The molecule has 0 spiro atoms. The minimum Gasteiger partial charge on any atom is -0.497 e.